The lowest BCUT2D eigenvalue weighted by molar-refractivity contribution is 0.0691. The maximum Gasteiger partial charge on any atom is 0.355 e. The molecule has 3 heterocycles. The molecule has 0 spiro atoms. The van der Waals surface area contributed by atoms with Crippen LogP contribution in [0.3, 0.4) is 0 Å². The summed E-state index contributed by atoms with van der Waals surface area (Å²) >= 11 is 2.99. The predicted molar refractivity (Wildman–Crippen MR) is 174 cm³/mol. The Bertz CT molecular complexity index is 1940. The SMILES string of the molecule is Cc1cccs1.NS(=O)(=O)c1ccc(Cc2c(-c3cccc(C4CCC4)c3)nn(-c3nc(C(=O)O)cs3)c2CC2CC2)cc1F. The molecule has 8 nitrogen and oxygen atoms in total. The minimum absolute atomic E-state index is 0.0430. The number of carboxylic acid groups (broad SMARTS) is 1. The molecule has 234 valence electrons. The summed E-state index contributed by atoms with van der Waals surface area (Å²) in [6.45, 7) is 2.10. The Morgan fingerprint density at radius 1 is 1.09 bits per heavy atom. The van der Waals surface area contributed by atoms with Crippen molar-refractivity contribution in [1.82, 2.24) is 14.8 Å². The van der Waals surface area contributed by atoms with Crippen LogP contribution in [0.4, 0.5) is 4.39 Å². The van der Waals surface area contributed by atoms with Crippen LogP contribution >= 0.6 is 22.7 Å². The first-order valence-corrected chi connectivity index (χ1v) is 18.1. The van der Waals surface area contributed by atoms with Gasteiger partial charge in [0.05, 0.1) is 11.4 Å². The molecule has 0 bridgehead atoms. The Morgan fingerprint density at radius 3 is 2.44 bits per heavy atom. The number of aromatic nitrogens is 3. The molecule has 0 amide bonds. The number of benzene rings is 2. The van der Waals surface area contributed by atoms with Crippen LogP contribution in [0.1, 0.15) is 75.8 Å². The van der Waals surface area contributed by atoms with Crippen LogP contribution < -0.4 is 5.14 Å². The predicted octanol–water partition coefficient (Wildman–Crippen LogP) is 7.35. The summed E-state index contributed by atoms with van der Waals surface area (Å²) in [5.74, 6) is -0.995. The van der Waals surface area contributed by atoms with Crippen molar-refractivity contribution in [2.75, 3.05) is 0 Å². The third-order valence-corrected chi connectivity index (χ3v) is 10.8. The molecule has 5 aromatic rings. The quantitative estimate of drug-likeness (QED) is 0.170. The van der Waals surface area contributed by atoms with Gasteiger partial charge < -0.3 is 5.11 Å². The molecule has 0 atom stereocenters. The number of carbonyl (C=O) groups is 1. The lowest BCUT2D eigenvalue weighted by Gasteiger charge is -2.26. The maximum atomic E-state index is 14.8. The fourth-order valence-electron chi connectivity index (χ4n) is 5.46. The summed E-state index contributed by atoms with van der Waals surface area (Å²) in [4.78, 5) is 16.7. The number of carboxylic acids is 1. The zero-order valence-electron chi connectivity index (χ0n) is 24.6. The highest BCUT2D eigenvalue weighted by molar-refractivity contribution is 7.89. The Kier molecular flexibility index (Phi) is 9.00. The van der Waals surface area contributed by atoms with Gasteiger partial charge in [0.1, 0.15) is 10.7 Å². The van der Waals surface area contributed by atoms with Crippen LogP contribution in [-0.4, -0.2) is 34.3 Å². The Morgan fingerprint density at radius 2 is 1.89 bits per heavy atom. The van der Waals surface area contributed by atoms with Crippen LogP contribution in [0.2, 0.25) is 0 Å². The third kappa shape index (κ3) is 7.25. The lowest BCUT2D eigenvalue weighted by atomic mass is 9.79. The van der Waals surface area contributed by atoms with Gasteiger partial charge in [0, 0.05) is 27.8 Å². The monoisotopic (exact) mass is 664 g/mol. The molecule has 3 aromatic heterocycles. The van der Waals surface area contributed by atoms with Gasteiger partial charge in [-0.15, -0.1) is 22.7 Å². The first kappa shape index (κ1) is 31.3. The summed E-state index contributed by atoms with van der Waals surface area (Å²) < 4.78 is 40.0. The average Bonchev–Trinajstić information content (AvgIpc) is 3.29. The number of nitrogens with two attached hydrogens (primary N) is 1. The number of thiazole rings is 1. The van der Waals surface area contributed by atoms with Gasteiger partial charge in [-0.2, -0.15) is 5.10 Å². The molecule has 2 saturated carbocycles. The van der Waals surface area contributed by atoms with E-state index < -0.39 is 26.7 Å². The molecule has 3 N–H and O–H groups in total. The molecule has 2 aliphatic rings. The fraction of sp³-hybridized carbons (Fsp3) is 0.303. The fourth-order valence-corrected chi connectivity index (χ4v) is 7.35. The molecule has 0 radical (unpaired) electrons. The standard InChI is InChI=1S/C28H27FN4O4S2.C5H6S/c29-22-12-17(9-10-25(22)39(30,36)37)11-21-24(13-16-7-8-16)33(28-31-23(15-38-28)27(34)35)32-26(21)20-6-2-5-19(14-20)18-3-1-4-18;1-5-3-2-4-6-5/h2,5-6,9-10,12,14-16,18H,1,3-4,7-8,11,13H2,(H,34,35)(H2,30,36,37);2-4H,1H3. The topological polar surface area (TPSA) is 128 Å². The molecular formula is C33H33FN4O4S3. The van der Waals surface area contributed by atoms with Gasteiger partial charge in [0.25, 0.3) is 0 Å². The first-order valence-electron chi connectivity index (χ1n) is 14.8. The molecule has 2 fully saturated rings. The molecule has 0 aliphatic heterocycles. The van der Waals surface area contributed by atoms with Gasteiger partial charge in [-0.25, -0.2) is 32.4 Å². The van der Waals surface area contributed by atoms with Crippen molar-refractivity contribution in [1.29, 1.82) is 0 Å². The molecule has 0 saturated heterocycles. The highest BCUT2D eigenvalue weighted by atomic mass is 32.2. The Balaban J connectivity index is 0.000000535. The van der Waals surface area contributed by atoms with E-state index in [1.807, 2.05) is 12.1 Å². The zero-order valence-corrected chi connectivity index (χ0v) is 27.1. The average molecular weight is 665 g/mol. The minimum Gasteiger partial charge on any atom is -0.476 e. The van der Waals surface area contributed by atoms with Gasteiger partial charge in [-0.3, -0.25) is 0 Å². The number of hydrogen-bond donors (Lipinski definition) is 2. The van der Waals surface area contributed by atoms with Crippen molar-refractivity contribution in [2.24, 2.45) is 11.1 Å². The summed E-state index contributed by atoms with van der Waals surface area (Å²) in [6.07, 6.45) is 6.75. The second-order valence-corrected chi connectivity index (χ2v) is 15.1. The molecule has 45 heavy (non-hydrogen) atoms. The highest BCUT2D eigenvalue weighted by Gasteiger charge is 2.30. The van der Waals surface area contributed by atoms with Gasteiger partial charge in [0.2, 0.25) is 15.2 Å². The van der Waals surface area contributed by atoms with Crippen LogP contribution in [0.15, 0.2) is 70.3 Å². The molecular weight excluding hydrogens is 632 g/mol. The molecule has 2 aromatic carbocycles. The number of aromatic carboxylic acids is 1. The Hall–Kier alpha value is -3.71. The van der Waals surface area contributed by atoms with E-state index in [9.17, 15) is 22.7 Å². The summed E-state index contributed by atoms with van der Waals surface area (Å²) in [5, 5.41) is 23.6. The van der Waals surface area contributed by atoms with Crippen molar-refractivity contribution < 1.29 is 22.7 Å². The number of rotatable bonds is 9. The number of halogens is 1. The van der Waals surface area contributed by atoms with Gasteiger partial charge in [-0.05, 0) is 91.6 Å². The van der Waals surface area contributed by atoms with E-state index >= 15 is 0 Å². The number of sulfonamides is 1. The smallest absolute Gasteiger partial charge is 0.355 e. The number of nitrogens with zero attached hydrogens (tertiary/aromatic N) is 3. The van der Waals surface area contributed by atoms with Gasteiger partial charge in [-0.1, -0.05) is 36.8 Å². The van der Waals surface area contributed by atoms with E-state index in [0.29, 0.717) is 29.0 Å². The van der Waals surface area contributed by atoms with E-state index in [1.165, 1.54) is 45.7 Å². The third-order valence-electron chi connectivity index (χ3n) is 8.24. The number of hydrogen-bond acceptors (Lipinski definition) is 7. The van der Waals surface area contributed by atoms with Crippen LogP contribution in [-0.2, 0) is 22.9 Å². The second-order valence-electron chi connectivity index (χ2n) is 11.6. The molecule has 12 heteroatoms. The summed E-state index contributed by atoms with van der Waals surface area (Å²) in [6, 6.07) is 16.5. The van der Waals surface area contributed by atoms with E-state index in [4.69, 9.17) is 10.2 Å². The van der Waals surface area contributed by atoms with E-state index in [0.717, 1.165) is 54.6 Å². The molecule has 2 aliphatic carbocycles. The van der Waals surface area contributed by atoms with Crippen molar-refractivity contribution in [3.63, 3.8) is 0 Å². The lowest BCUT2D eigenvalue weighted by Crippen LogP contribution is -2.14. The van der Waals surface area contributed by atoms with E-state index in [1.54, 1.807) is 22.1 Å². The van der Waals surface area contributed by atoms with Crippen molar-refractivity contribution >= 4 is 38.7 Å². The minimum atomic E-state index is -4.18. The number of primary sulfonamides is 1. The van der Waals surface area contributed by atoms with Crippen LogP contribution in [0.5, 0.6) is 0 Å². The van der Waals surface area contributed by atoms with Crippen LogP contribution in [0, 0.1) is 18.7 Å². The van der Waals surface area contributed by atoms with E-state index in [-0.39, 0.29) is 5.69 Å². The van der Waals surface area contributed by atoms with E-state index in [2.05, 4.69) is 41.6 Å². The molecule has 0 unspecified atom stereocenters. The molecule has 7 rings (SSSR count). The summed E-state index contributed by atoms with van der Waals surface area (Å²) in [7, 11) is -4.18. The number of thiophene rings is 1. The zero-order chi connectivity index (χ0) is 31.7. The van der Waals surface area contributed by atoms with Crippen LogP contribution in [0.25, 0.3) is 16.4 Å². The van der Waals surface area contributed by atoms with Crippen molar-refractivity contribution in [2.45, 2.75) is 62.7 Å². The second kappa shape index (κ2) is 13.0. The van der Waals surface area contributed by atoms with Crippen molar-refractivity contribution in [3.8, 4) is 16.4 Å². The largest absolute Gasteiger partial charge is 0.476 e. The first-order chi connectivity index (χ1) is 21.6. The normalized spacial score (nSPS) is 14.9. The Labute approximate surface area is 269 Å². The van der Waals surface area contributed by atoms with Gasteiger partial charge in [0.15, 0.2) is 5.69 Å². The summed E-state index contributed by atoms with van der Waals surface area (Å²) in [5.41, 5.74) is 5.26. The van der Waals surface area contributed by atoms with Crippen molar-refractivity contribution in [3.05, 3.63) is 104 Å². The van der Waals surface area contributed by atoms with Gasteiger partial charge >= 0.3 is 5.97 Å². The maximum absolute atomic E-state index is 14.8. The highest BCUT2D eigenvalue weighted by Crippen LogP contribution is 2.40. The number of aryl methyl sites for hydroxylation is 1.